The first-order valence-electron chi connectivity index (χ1n) is 4.28. The Balaban J connectivity index is 2.73. The van der Waals surface area contributed by atoms with Crippen molar-refractivity contribution < 1.29 is 9.90 Å². The minimum Gasteiger partial charge on any atom is -0.392 e. The van der Waals surface area contributed by atoms with Gasteiger partial charge in [-0.05, 0) is 50.9 Å². The van der Waals surface area contributed by atoms with Gasteiger partial charge in [-0.2, -0.15) is 0 Å². The molecule has 4 nitrogen and oxygen atoms in total. The zero-order valence-corrected chi connectivity index (χ0v) is 11.2. The lowest BCUT2D eigenvalue weighted by molar-refractivity contribution is 0.0924. The number of aliphatic hydroxyl groups excluding tert-OH is 1. The van der Waals surface area contributed by atoms with Crippen LogP contribution in [-0.2, 0) is 0 Å². The standard InChI is InChI=1S/C9H10Br2N2O2/c1-5(14)4-12-9(15)6-2-7(10)13-8(11)3-6/h2-3,5,14H,4H2,1H3,(H,12,15)/t5-/m0/s1. The predicted octanol–water partition coefficient (Wildman–Crippen LogP) is 1.72. The summed E-state index contributed by atoms with van der Waals surface area (Å²) in [4.78, 5) is 15.6. The van der Waals surface area contributed by atoms with Crippen molar-refractivity contribution in [3.8, 4) is 0 Å². The highest BCUT2D eigenvalue weighted by molar-refractivity contribution is 9.11. The van der Waals surface area contributed by atoms with E-state index in [1.54, 1.807) is 19.1 Å². The Morgan fingerprint density at radius 3 is 2.53 bits per heavy atom. The molecule has 1 rings (SSSR count). The van der Waals surface area contributed by atoms with Crippen molar-refractivity contribution in [1.82, 2.24) is 10.3 Å². The Hall–Kier alpha value is -0.460. The normalized spacial score (nSPS) is 12.3. The maximum atomic E-state index is 11.6. The third kappa shape index (κ3) is 4.27. The maximum Gasteiger partial charge on any atom is 0.251 e. The fourth-order valence-electron chi connectivity index (χ4n) is 0.938. The summed E-state index contributed by atoms with van der Waals surface area (Å²) < 4.78 is 1.16. The van der Waals surface area contributed by atoms with E-state index in [9.17, 15) is 4.79 Å². The molecule has 0 aliphatic heterocycles. The van der Waals surface area contributed by atoms with Gasteiger partial charge in [0.1, 0.15) is 9.21 Å². The van der Waals surface area contributed by atoms with Crippen LogP contribution < -0.4 is 5.32 Å². The van der Waals surface area contributed by atoms with E-state index in [1.165, 1.54) is 0 Å². The molecule has 1 atom stereocenters. The topological polar surface area (TPSA) is 62.2 Å². The molecule has 0 unspecified atom stereocenters. The lowest BCUT2D eigenvalue weighted by Gasteiger charge is -2.07. The molecular weight excluding hydrogens is 328 g/mol. The van der Waals surface area contributed by atoms with Gasteiger partial charge in [-0.1, -0.05) is 0 Å². The molecule has 1 aromatic rings. The molecule has 0 aliphatic rings. The van der Waals surface area contributed by atoms with Crippen LogP contribution in [0.15, 0.2) is 21.3 Å². The van der Waals surface area contributed by atoms with Crippen LogP contribution in [0.25, 0.3) is 0 Å². The maximum absolute atomic E-state index is 11.6. The zero-order valence-electron chi connectivity index (χ0n) is 8.00. The molecule has 1 heterocycles. The van der Waals surface area contributed by atoms with Crippen molar-refractivity contribution in [2.24, 2.45) is 0 Å². The number of nitrogens with zero attached hydrogens (tertiary/aromatic N) is 1. The van der Waals surface area contributed by atoms with Crippen molar-refractivity contribution in [2.75, 3.05) is 6.54 Å². The van der Waals surface area contributed by atoms with Crippen LogP contribution in [0.3, 0.4) is 0 Å². The number of carbonyl (C=O) groups excluding carboxylic acids is 1. The number of aliphatic hydroxyl groups is 1. The molecule has 82 valence electrons. The number of hydrogen-bond donors (Lipinski definition) is 2. The second-order valence-corrected chi connectivity index (χ2v) is 4.69. The minimum absolute atomic E-state index is 0.233. The first kappa shape index (κ1) is 12.6. The average molecular weight is 338 g/mol. The van der Waals surface area contributed by atoms with Crippen LogP contribution in [0.5, 0.6) is 0 Å². The van der Waals surface area contributed by atoms with Crippen LogP contribution in [0.4, 0.5) is 0 Å². The lowest BCUT2D eigenvalue weighted by Crippen LogP contribution is -2.30. The van der Waals surface area contributed by atoms with E-state index in [2.05, 4.69) is 42.2 Å². The van der Waals surface area contributed by atoms with E-state index in [0.717, 1.165) is 0 Å². The summed E-state index contributed by atoms with van der Waals surface area (Å²) in [5.41, 5.74) is 0.490. The monoisotopic (exact) mass is 336 g/mol. The first-order valence-corrected chi connectivity index (χ1v) is 5.87. The van der Waals surface area contributed by atoms with E-state index in [4.69, 9.17) is 5.11 Å². The van der Waals surface area contributed by atoms with Crippen molar-refractivity contribution in [3.05, 3.63) is 26.9 Å². The summed E-state index contributed by atoms with van der Waals surface area (Å²) in [6, 6.07) is 3.23. The minimum atomic E-state index is -0.553. The molecule has 6 heteroatoms. The van der Waals surface area contributed by atoms with Gasteiger partial charge in [0.15, 0.2) is 0 Å². The van der Waals surface area contributed by atoms with E-state index in [-0.39, 0.29) is 12.5 Å². The van der Waals surface area contributed by atoms with E-state index in [1.807, 2.05) is 0 Å². The Morgan fingerprint density at radius 2 is 2.07 bits per heavy atom. The molecule has 0 bridgehead atoms. The van der Waals surface area contributed by atoms with Gasteiger partial charge in [-0.3, -0.25) is 4.79 Å². The first-order chi connectivity index (χ1) is 6.99. The molecule has 2 N–H and O–H groups in total. The zero-order chi connectivity index (χ0) is 11.4. The number of rotatable bonds is 3. The second kappa shape index (κ2) is 5.58. The van der Waals surface area contributed by atoms with Gasteiger partial charge in [-0.15, -0.1) is 0 Å². The van der Waals surface area contributed by atoms with Crippen LogP contribution in [-0.4, -0.2) is 28.6 Å². The molecule has 0 aromatic carbocycles. The highest BCUT2D eigenvalue weighted by atomic mass is 79.9. The molecule has 0 saturated heterocycles. The SMILES string of the molecule is C[C@H](O)CNC(=O)c1cc(Br)nc(Br)c1. The molecule has 0 spiro atoms. The number of hydrogen-bond acceptors (Lipinski definition) is 3. The molecule has 1 amide bonds. The third-order valence-corrected chi connectivity index (χ3v) is 2.40. The van der Waals surface area contributed by atoms with E-state index < -0.39 is 6.10 Å². The largest absolute Gasteiger partial charge is 0.392 e. The van der Waals surface area contributed by atoms with Gasteiger partial charge in [0.2, 0.25) is 0 Å². The van der Waals surface area contributed by atoms with Gasteiger partial charge >= 0.3 is 0 Å². The Kier molecular flexibility index (Phi) is 4.69. The number of pyridine rings is 1. The fourth-order valence-corrected chi connectivity index (χ4v) is 2.05. The molecular formula is C9H10Br2N2O2. The predicted molar refractivity (Wildman–Crippen MR) is 63.7 cm³/mol. The summed E-state index contributed by atoms with van der Waals surface area (Å²) in [6.45, 7) is 1.84. The van der Waals surface area contributed by atoms with Crippen LogP contribution in [0.2, 0.25) is 0 Å². The number of halogens is 2. The van der Waals surface area contributed by atoms with Gasteiger partial charge in [-0.25, -0.2) is 4.98 Å². The Bertz CT molecular complexity index is 349. The van der Waals surface area contributed by atoms with Crippen LogP contribution in [0.1, 0.15) is 17.3 Å². The summed E-state index contributed by atoms with van der Waals surface area (Å²) in [6.07, 6.45) is -0.553. The number of carbonyl (C=O) groups is 1. The highest BCUT2D eigenvalue weighted by Crippen LogP contribution is 2.15. The van der Waals surface area contributed by atoms with Gasteiger partial charge in [0, 0.05) is 12.1 Å². The van der Waals surface area contributed by atoms with Crippen LogP contribution >= 0.6 is 31.9 Å². The van der Waals surface area contributed by atoms with Gasteiger partial charge < -0.3 is 10.4 Å². The van der Waals surface area contributed by atoms with E-state index >= 15 is 0 Å². The van der Waals surface area contributed by atoms with Crippen molar-refractivity contribution in [1.29, 1.82) is 0 Å². The van der Waals surface area contributed by atoms with Crippen molar-refractivity contribution in [2.45, 2.75) is 13.0 Å². The quantitative estimate of drug-likeness (QED) is 0.825. The molecule has 0 saturated carbocycles. The molecule has 0 fully saturated rings. The Morgan fingerprint density at radius 1 is 1.53 bits per heavy atom. The van der Waals surface area contributed by atoms with Crippen molar-refractivity contribution >= 4 is 37.8 Å². The number of aromatic nitrogens is 1. The second-order valence-electron chi connectivity index (χ2n) is 3.06. The molecule has 15 heavy (non-hydrogen) atoms. The molecule has 0 aliphatic carbocycles. The summed E-state index contributed by atoms with van der Waals surface area (Å²) in [7, 11) is 0. The Labute approximate surface area is 104 Å². The third-order valence-electron chi connectivity index (χ3n) is 1.58. The van der Waals surface area contributed by atoms with Crippen molar-refractivity contribution in [3.63, 3.8) is 0 Å². The fraction of sp³-hybridized carbons (Fsp3) is 0.333. The number of nitrogens with one attached hydrogen (secondary N) is 1. The average Bonchev–Trinajstić information content (AvgIpc) is 2.12. The van der Waals surface area contributed by atoms with Gasteiger partial charge in [0.25, 0.3) is 5.91 Å². The summed E-state index contributed by atoms with van der Waals surface area (Å²) >= 11 is 6.38. The summed E-state index contributed by atoms with van der Waals surface area (Å²) in [5, 5.41) is 11.6. The van der Waals surface area contributed by atoms with E-state index in [0.29, 0.717) is 14.8 Å². The smallest absolute Gasteiger partial charge is 0.251 e. The van der Waals surface area contributed by atoms with Crippen LogP contribution in [0, 0.1) is 0 Å². The molecule has 1 aromatic heterocycles. The summed E-state index contributed by atoms with van der Waals surface area (Å²) in [5.74, 6) is -0.236. The highest BCUT2D eigenvalue weighted by Gasteiger charge is 2.08. The molecule has 0 radical (unpaired) electrons. The lowest BCUT2D eigenvalue weighted by atomic mass is 10.2. The number of amides is 1. The van der Waals surface area contributed by atoms with Gasteiger partial charge in [0.05, 0.1) is 6.10 Å².